The van der Waals surface area contributed by atoms with E-state index in [4.69, 9.17) is 4.74 Å². The smallest absolute Gasteiger partial charge is 0.330 e. The van der Waals surface area contributed by atoms with Crippen LogP contribution in [-0.2, 0) is 9.53 Å². The molecule has 0 aromatic heterocycles. The SMILES string of the molecule is CCCC(=CC(=O)OC)c1ccc(OCC)cc1. The molecule has 0 saturated carbocycles. The van der Waals surface area contributed by atoms with Crippen LogP contribution in [0.25, 0.3) is 5.57 Å². The van der Waals surface area contributed by atoms with E-state index in [1.165, 1.54) is 7.11 Å². The second-order valence-electron chi connectivity index (χ2n) is 3.90. The number of allylic oxidation sites excluding steroid dienone is 1. The Labute approximate surface area is 108 Å². The molecule has 0 aliphatic rings. The molecule has 0 radical (unpaired) electrons. The molecule has 3 nitrogen and oxygen atoms in total. The Morgan fingerprint density at radius 3 is 2.39 bits per heavy atom. The molecule has 1 rings (SSSR count). The highest BCUT2D eigenvalue weighted by Crippen LogP contribution is 2.22. The minimum atomic E-state index is -0.313. The topological polar surface area (TPSA) is 35.5 Å². The number of hydrogen-bond donors (Lipinski definition) is 0. The normalized spacial score (nSPS) is 11.2. The van der Waals surface area contributed by atoms with Crippen LogP contribution in [0.5, 0.6) is 5.75 Å². The summed E-state index contributed by atoms with van der Waals surface area (Å²) in [5.41, 5.74) is 2.03. The van der Waals surface area contributed by atoms with Gasteiger partial charge in [0.15, 0.2) is 0 Å². The van der Waals surface area contributed by atoms with Crippen LogP contribution in [-0.4, -0.2) is 19.7 Å². The minimum absolute atomic E-state index is 0.313. The van der Waals surface area contributed by atoms with Crippen molar-refractivity contribution in [1.29, 1.82) is 0 Å². The van der Waals surface area contributed by atoms with Crippen LogP contribution < -0.4 is 4.74 Å². The number of carbonyl (C=O) groups excluding carboxylic acids is 1. The van der Waals surface area contributed by atoms with Crippen molar-refractivity contribution >= 4 is 11.5 Å². The van der Waals surface area contributed by atoms with Gasteiger partial charge < -0.3 is 9.47 Å². The molecule has 98 valence electrons. The molecule has 1 aromatic carbocycles. The second kappa shape index (κ2) is 7.54. The fourth-order valence-corrected chi connectivity index (χ4v) is 1.70. The summed E-state index contributed by atoms with van der Waals surface area (Å²) < 4.78 is 10.1. The molecule has 0 aliphatic carbocycles. The van der Waals surface area contributed by atoms with Crippen molar-refractivity contribution in [3.8, 4) is 5.75 Å². The van der Waals surface area contributed by atoms with Crippen LogP contribution in [0, 0.1) is 0 Å². The van der Waals surface area contributed by atoms with E-state index in [-0.39, 0.29) is 5.97 Å². The van der Waals surface area contributed by atoms with Gasteiger partial charge in [-0.1, -0.05) is 25.5 Å². The zero-order chi connectivity index (χ0) is 13.4. The number of rotatable bonds is 6. The molecule has 0 spiro atoms. The Balaban J connectivity index is 2.92. The van der Waals surface area contributed by atoms with Crippen molar-refractivity contribution in [2.45, 2.75) is 26.7 Å². The Hall–Kier alpha value is -1.77. The van der Waals surface area contributed by atoms with Gasteiger partial charge in [-0.2, -0.15) is 0 Å². The zero-order valence-corrected chi connectivity index (χ0v) is 11.2. The van der Waals surface area contributed by atoms with Gasteiger partial charge in [0, 0.05) is 6.08 Å². The number of esters is 1. The number of benzene rings is 1. The third kappa shape index (κ3) is 4.24. The number of carbonyl (C=O) groups is 1. The van der Waals surface area contributed by atoms with Gasteiger partial charge in [0.05, 0.1) is 13.7 Å². The van der Waals surface area contributed by atoms with Gasteiger partial charge in [0.1, 0.15) is 5.75 Å². The quantitative estimate of drug-likeness (QED) is 0.571. The van der Waals surface area contributed by atoms with E-state index in [0.29, 0.717) is 6.61 Å². The van der Waals surface area contributed by atoms with Gasteiger partial charge >= 0.3 is 5.97 Å². The molecule has 0 unspecified atom stereocenters. The molecule has 0 fully saturated rings. The molecular weight excluding hydrogens is 228 g/mol. The standard InChI is InChI=1S/C15H20O3/c1-4-6-13(11-15(16)17-3)12-7-9-14(10-8-12)18-5-2/h7-11H,4-6H2,1-3H3. The molecule has 0 aliphatic heterocycles. The highest BCUT2D eigenvalue weighted by Gasteiger charge is 2.05. The van der Waals surface area contributed by atoms with Crippen molar-refractivity contribution in [2.24, 2.45) is 0 Å². The van der Waals surface area contributed by atoms with Gasteiger partial charge in [-0.15, -0.1) is 0 Å². The molecule has 18 heavy (non-hydrogen) atoms. The van der Waals surface area contributed by atoms with Crippen LogP contribution in [0.1, 0.15) is 32.3 Å². The number of ether oxygens (including phenoxy) is 2. The zero-order valence-electron chi connectivity index (χ0n) is 11.2. The molecule has 0 saturated heterocycles. The fraction of sp³-hybridized carbons (Fsp3) is 0.400. The van der Waals surface area contributed by atoms with Crippen LogP contribution in [0.4, 0.5) is 0 Å². The Morgan fingerprint density at radius 2 is 1.89 bits per heavy atom. The van der Waals surface area contributed by atoms with E-state index >= 15 is 0 Å². The third-order valence-electron chi connectivity index (χ3n) is 2.55. The average Bonchev–Trinajstić information content (AvgIpc) is 2.39. The molecule has 0 heterocycles. The molecule has 0 amide bonds. The van der Waals surface area contributed by atoms with E-state index < -0.39 is 0 Å². The maximum atomic E-state index is 11.3. The Bertz CT molecular complexity index is 404. The maximum Gasteiger partial charge on any atom is 0.330 e. The van der Waals surface area contributed by atoms with E-state index in [0.717, 1.165) is 29.7 Å². The average molecular weight is 248 g/mol. The van der Waals surface area contributed by atoms with E-state index in [9.17, 15) is 4.79 Å². The monoisotopic (exact) mass is 248 g/mol. The van der Waals surface area contributed by atoms with Crippen molar-refractivity contribution in [1.82, 2.24) is 0 Å². The van der Waals surface area contributed by atoms with E-state index in [2.05, 4.69) is 11.7 Å². The molecular formula is C15H20O3. The first-order valence-corrected chi connectivity index (χ1v) is 6.23. The van der Waals surface area contributed by atoms with Crippen LogP contribution in [0.15, 0.2) is 30.3 Å². The summed E-state index contributed by atoms with van der Waals surface area (Å²) >= 11 is 0. The summed E-state index contributed by atoms with van der Waals surface area (Å²) in [5.74, 6) is 0.530. The van der Waals surface area contributed by atoms with E-state index in [1.807, 2.05) is 31.2 Å². The van der Waals surface area contributed by atoms with Crippen molar-refractivity contribution < 1.29 is 14.3 Å². The predicted molar refractivity (Wildman–Crippen MR) is 72.5 cm³/mol. The molecule has 3 heteroatoms. The lowest BCUT2D eigenvalue weighted by molar-refractivity contribution is -0.134. The maximum absolute atomic E-state index is 11.3. The summed E-state index contributed by atoms with van der Waals surface area (Å²) in [7, 11) is 1.39. The lowest BCUT2D eigenvalue weighted by atomic mass is 10.0. The van der Waals surface area contributed by atoms with Crippen LogP contribution >= 0.6 is 0 Å². The van der Waals surface area contributed by atoms with Gasteiger partial charge in [-0.05, 0) is 36.6 Å². The van der Waals surface area contributed by atoms with Gasteiger partial charge in [0.2, 0.25) is 0 Å². The van der Waals surface area contributed by atoms with Crippen molar-refractivity contribution in [3.63, 3.8) is 0 Å². The highest BCUT2D eigenvalue weighted by atomic mass is 16.5. The first-order valence-electron chi connectivity index (χ1n) is 6.23. The van der Waals surface area contributed by atoms with Gasteiger partial charge in [0.25, 0.3) is 0 Å². The first-order chi connectivity index (χ1) is 8.71. The first kappa shape index (κ1) is 14.3. The molecule has 0 atom stereocenters. The van der Waals surface area contributed by atoms with Crippen molar-refractivity contribution in [3.05, 3.63) is 35.9 Å². The summed E-state index contributed by atoms with van der Waals surface area (Å²) in [5, 5.41) is 0. The largest absolute Gasteiger partial charge is 0.494 e. The predicted octanol–water partition coefficient (Wildman–Crippen LogP) is 3.44. The van der Waals surface area contributed by atoms with Crippen molar-refractivity contribution in [2.75, 3.05) is 13.7 Å². The molecule has 1 aromatic rings. The minimum Gasteiger partial charge on any atom is -0.494 e. The van der Waals surface area contributed by atoms with Crippen LogP contribution in [0.3, 0.4) is 0 Å². The molecule has 0 bridgehead atoms. The summed E-state index contributed by atoms with van der Waals surface area (Å²) in [4.78, 5) is 11.3. The summed E-state index contributed by atoms with van der Waals surface area (Å²) in [6.07, 6.45) is 3.39. The second-order valence-corrected chi connectivity index (χ2v) is 3.90. The van der Waals surface area contributed by atoms with Gasteiger partial charge in [-0.3, -0.25) is 0 Å². The summed E-state index contributed by atoms with van der Waals surface area (Å²) in [6, 6.07) is 7.77. The van der Waals surface area contributed by atoms with Crippen LogP contribution in [0.2, 0.25) is 0 Å². The fourth-order valence-electron chi connectivity index (χ4n) is 1.70. The number of methoxy groups -OCH3 is 1. The summed E-state index contributed by atoms with van der Waals surface area (Å²) in [6.45, 7) is 4.69. The Morgan fingerprint density at radius 1 is 1.22 bits per heavy atom. The van der Waals surface area contributed by atoms with Gasteiger partial charge in [-0.25, -0.2) is 4.79 Å². The number of hydrogen-bond acceptors (Lipinski definition) is 3. The lowest BCUT2D eigenvalue weighted by Crippen LogP contribution is -1.97. The third-order valence-corrected chi connectivity index (χ3v) is 2.55. The Kier molecular flexibility index (Phi) is 5.98. The lowest BCUT2D eigenvalue weighted by Gasteiger charge is -2.08. The molecule has 0 N–H and O–H groups in total. The highest BCUT2D eigenvalue weighted by molar-refractivity contribution is 5.91. The van der Waals surface area contributed by atoms with E-state index in [1.54, 1.807) is 6.08 Å².